The molecule has 0 radical (unpaired) electrons. The van der Waals surface area contributed by atoms with Crippen LogP contribution in [0.25, 0.3) is 0 Å². The van der Waals surface area contributed by atoms with Gasteiger partial charge in [-0.15, -0.1) is 0 Å². The Morgan fingerprint density at radius 2 is 2.00 bits per heavy atom. The standard InChI is InChI=1S/C9H10F2IN/c1-5(13-2)7-3-6(10)4-8(11)9(7)12/h3-5,13H,1-2H3. The predicted octanol–water partition coefficient (Wildman–Crippen LogP) is 2.85. The van der Waals surface area contributed by atoms with Gasteiger partial charge in [-0.25, -0.2) is 8.78 Å². The van der Waals surface area contributed by atoms with Crippen molar-refractivity contribution in [2.75, 3.05) is 7.05 Å². The van der Waals surface area contributed by atoms with Gasteiger partial charge in [-0.1, -0.05) is 0 Å². The molecule has 1 N–H and O–H groups in total. The van der Waals surface area contributed by atoms with Gasteiger partial charge in [0.15, 0.2) is 0 Å². The van der Waals surface area contributed by atoms with Gasteiger partial charge in [-0.05, 0) is 48.2 Å². The molecule has 0 bridgehead atoms. The minimum atomic E-state index is -0.532. The first-order chi connectivity index (χ1) is 6.06. The summed E-state index contributed by atoms with van der Waals surface area (Å²) in [5.41, 5.74) is 0.653. The summed E-state index contributed by atoms with van der Waals surface area (Å²) in [6.07, 6.45) is 0. The van der Waals surface area contributed by atoms with Crippen LogP contribution < -0.4 is 5.32 Å². The van der Waals surface area contributed by atoms with E-state index in [2.05, 4.69) is 5.32 Å². The van der Waals surface area contributed by atoms with Crippen LogP contribution in [0.15, 0.2) is 12.1 Å². The number of benzene rings is 1. The number of halogens is 3. The fourth-order valence-electron chi connectivity index (χ4n) is 1.05. The summed E-state index contributed by atoms with van der Waals surface area (Å²) in [6, 6.07) is 2.21. The molecule has 1 aromatic carbocycles. The molecule has 4 heteroatoms. The molecule has 1 aromatic rings. The van der Waals surface area contributed by atoms with Gasteiger partial charge in [-0.3, -0.25) is 0 Å². The average Bonchev–Trinajstić information content (AvgIpc) is 2.10. The first-order valence-electron chi connectivity index (χ1n) is 3.88. The lowest BCUT2D eigenvalue weighted by atomic mass is 10.1. The molecule has 1 atom stereocenters. The minimum Gasteiger partial charge on any atom is -0.313 e. The third-order valence-electron chi connectivity index (χ3n) is 1.92. The molecule has 0 spiro atoms. The highest BCUT2D eigenvalue weighted by Crippen LogP contribution is 2.23. The third-order valence-corrected chi connectivity index (χ3v) is 3.06. The summed E-state index contributed by atoms with van der Waals surface area (Å²) >= 11 is 1.88. The van der Waals surface area contributed by atoms with Gasteiger partial charge in [-0.2, -0.15) is 0 Å². The summed E-state index contributed by atoms with van der Waals surface area (Å²) in [7, 11) is 1.75. The SMILES string of the molecule is CNC(C)c1cc(F)cc(F)c1I. The number of rotatable bonds is 2. The Morgan fingerprint density at radius 3 is 2.54 bits per heavy atom. The monoisotopic (exact) mass is 297 g/mol. The van der Waals surface area contributed by atoms with Crippen molar-refractivity contribution in [2.45, 2.75) is 13.0 Å². The molecule has 0 saturated heterocycles. The van der Waals surface area contributed by atoms with Gasteiger partial charge < -0.3 is 5.32 Å². The molecule has 0 saturated carbocycles. The van der Waals surface area contributed by atoms with E-state index in [0.717, 1.165) is 6.07 Å². The van der Waals surface area contributed by atoms with Gasteiger partial charge in [0, 0.05) is 12.1 Å². The Balaban J connectivity index is 3.20. The summed E-state index contributed by atoms with van der Waals surface area (Å²) in [5, 5.41) is 2.94. The lowest BCUT2D eigenvalue weighted by Crippen LogP contribution is -2.14. The van der Waals surface area contributed by atoms with E-state index in [1.54, 1.807) is 7.05 Å². The highest BCUT2D eigenvalue weighted by Gasteiger charge is 2.12. The van der Waals surface area contributed by atoms with Crippen molar-refractivity contribution in [3.8, 4) is 0 Å². The number of hydrogen-bond acceptors (Lipinski definition) is 1. The molecule has 1 nitrogen and oxygen atoms in total. The maximum Gasteiger partial charge on any atom is 0.139 e. The van der Waals surface area contributed by atoms with E-state index >= 15 is 0 Å². The van der Waals surface area contributed by atoms with E-state index in [9.17, 15) is 8.78 Å². The fourth-order valence-corrected chi connectivity index (χ4v) is 1.82. The van der Waals surface area contributed by atoms with E-state index in [0.29, 0.717) is 9.13 Å². The molecule has 0 aliphatic heterocycles. The van der Waals surface area contributed by atoms with Crippen LogP contribution in [0.3, 0.4) is 0 Å². The Hall–Kier alpha value is -0.230. The molecule has 1 rings (SSSR count). The largest absolute Gasteiger partial charge is 0.313 e. The van der Waals surface area contributed by atoms with E-state index < -0.39 is 11.6 Å². The summed E-state index contributed by atoms with van der Waals surface area (Å²) < 4.78 is 26.4. The van der Waals surface area contributed by atoms with Crippen molar-refractivity contribution in [3.05, 3.63) is 32.9 Å². The van der Waals surface area contributed by atoms with Crippen molar-refractivity contribution < 1.29 is 8.78 Å². The van der Waals surface area contributed by atoms with Crippen LogP contribution in [-0.4, -0.2) is 7.05 Å². The van der Waals surface area contributed by atoms with E-state index in [1.165, 1.54) is 6.07 Å². The Labute approximate surface area is 89.7 Å². The van der Waals surface area contributed by atoms with Gasteiger partial charge in [0.1, 0.15) is 11.6 Å². The Bertz CT molecular complexity index is 315. The van der Waals surface area contributed by atoms with Crippen molar-refractivity contribution in [2.24, 2.45) is 0 Å². The maximum absolute atomic E-state index is 13.1. The molecule has 0 heterocycles. The summed E-state index contributed by atoms with van der Waals surface area (Å²) in [6.45, 7) is 1.86. The van der Waals surface area contributed by atoms with Crippen LogP contribution >= 0.6 is 22.6 Å². The van der Waals surface area contributed by atoms with Crippen molar-refractivity contribution in [1.29, 1.82) is 0 Å². The minimum absolute atomic E-state index is 0.0444. The normalized spacial score (nSPS) is 13.0. The lowest BCUT2D eigenvalue weighted by molar-refractivity contribution is 0.560. The topological polar surface area (TPSA) is 12.0 Å². The maximum atomic E-state index is 13.1. The van der Waals surface area contributed by atoms with E-state index in [1.807, 2.05) is 29.5 Å². The fraction of sp³-hybridized carbons (Fsp3) is 0.333. The van der Waals surface area contributed by atoms with Gasteiger partial charge in [0.05, 0.1) is 3.57 Å². The molecular formula is C9H10F2IN. The van der Waals surface area contributed by atoms with Crippen LogP contribution in [0.1, 0.15) is 18.5 Å². The van der Waals surface area contributed by atoms with Crippen molar-refractivity contribution >= 4 is 22.6 Å². The molecule has 0 amide bonds. The zero-order valence-corrected chi connectivity index (χ0v) is 9.52. The van der Waals surface area contributed by atoms with Crippen LogP contribution in [-0.2, 0) is 0 Å². The molecule has 0 fully saturated rings. The van der Waals surface area contributed by atoms with Crippen molar-refractivity contribution in [3.63, 3.8) is 0 Å². The summed E-state index contributed by atoms with van der Waals surface area (Å²) in [5.74, 6) is -1.03. The second-order valence-corrected chi connectivity index (χ2v) is 3.88. The predicted molar refractivity (Wildman–Crippen MR) is 56.5 cm³/mol. The molecular weight excluding hydrogens is 287 g/mol. The van der Waals surface area contributed by atoms with Gasteiger partial charge >= 0.3 is 0 Å². The van der Waals surface area contributed by atoms with Crippen molar-refractivity contribution in [1.82, 2.24) is 5.32 Å². The first-order valence-corrected chi connectivity index (χ1v) is 4.96. The molecule has 1 unspecified atom stereocenters. The van der Waals surface area contributed by atoms with E-state index in [4.69, 9.17) is 0 Å². The number of hydrogen-bond donors (Lipinski definition) is 1. The Kier molecular flexibility index (Phi) is 3.61. The molecule has 0 aliphatic rings. The quantitative estimate of drug-likeness (QED) is 0.654. The van der Waals surface area contributed by atoms with Gasteiger partial charge in [0.25, 0.3) is 0 Å². The zero-order chi connectivity index (χ0) is 10.0. The zero-order valence-electron chi connectivity index (χ0n) is 7.37. The highest BCUT2D eigenvalue weighted by molar-refractivity contribution is 14.1. The van der Waals surface area contributed by atoms with Crippen LogP contribution in [0, 0.1) is 15.2 Å². The molecule has 0 aromatic heterocycles. The van der Waals surface area contributed by atoms with Crippen LogP contribution in [0.2, 0.25) is 0 Å². The smallest absolute Gasteiger partial charge is 0.139 e. The highest BCUT2D eigenvalue weighted by atomic mass is 127. The second kappa shape index (κ2) is 4.32. The summed E-state index contributed by atoms with van der Waals surface area (Å²) in [4.78, 5) is 0. The molecule has 0 aliphatic carbocycles. The second-order valence-electron chi connectivity index (χ2n) is 2.80. The van der Waals surface area contributed by atoms with Crippen LogP contribution in [0.4, 0.5) is 8.78 Å². The van der Waals surface area contributed by atoms with Crippen LogP contribution in [0.5, 0.6) is 0 Å². The average molecular weight is 297 g/mol. The molecule has 13 heavy (non-hydrogen) atoms. The number of nitrogens with one attached hydrogen (secondary N) is 1. The lowest BCUT2D eigenvalue weighted by Gasteiger charge is -2.13. The third kappa shape index (κ3) is 2.37. The van der Waals surface area contributed by atoms with Gasteiger partial charge in [0.2, 0.25) is 0 Å². The first kappa shape index (κ1) is 10.8. The Morgan fingerprint density at radius 1 is 1.38 bits per heavy atom. The molecule has 72 valence electrons. The van der Waals surface area contributed by atoms with E-state index in [-0.39, 0.29) is 6.04 Å².